The third-order valence-electron chi connectivity index (χ3n) is 6.13. The van der Waals surface area contributed by atoms with Crippen LogP contribution in [0.4, 0.5) is 10.2 Å². The van der Waals surface area contributed by atoms with Crippen LogP contribution in [0.1, 0.15) is 32.6 Å². The van der Waals surface area contributed by atoms with Crippen molar-refractivity contribution < 1.29 is 37.4 Å². The lowest BCUT2D eigenvalue weighted by atomic mass is 9.98. The predicted molar refractivity (Wildman–Crippen MR) is 139 cm³/mol. The summed E-state index contributed by atoms with van der Waals surface area (Å²) in [6.07, 6.45) is 3.80. The second-order valence-corrected chi connectivity index (χ2v) is 10.7. The molecule has 1 fully saturated rings. The van der Waals surface area contributed by atoms with E-state index in [0.717, 1.165) is 6.92 Å². The lowest BCUT2D eigenvalue weighted by molar-refractivity contribution is -0.144. The van der Waals surface area contributed by atoms with Gasteiger partial charge in [-0.3, -0.25) is 9.32 Å². The zero-order chi connectivity index (χ0) is 28.4. The zero-order valence-electron chi connectivity index (χ0n) is 21.5. The van der Waals surface area contributed by atoms with Gasteiger partial charge in [-0.15, -0.1) is 6.42 Å². The molecule has 39 heavy (non-hydrogen) atoms. The van der Waals surface area contributed by atoms with Gasteiger partial charge in [0.25, 0.3) is 0 Å². The van der Waals surface area contributed by atoms with E-state index in [-0.39, 0.29) is 23.8 Å². The highest BCUT2D eigenvalue weighted by atomic mass is 31.2. The highest BCUT2D eigenvalue weighted by Crippen LogP contribution is 2.48. The number of para-hydroxylation sites is 1. The number of aliphatic hydroxyl groups is 1. The maximum Gasteiger partial charge on any atom is 0.459 e. The molecule has 2 unspecified atom stereocenters. The molecule has 12 nitrogen and oxygen atoms in total. The Morgan fingerprint density at radius 3 is 2.79 bits per heavy atom. The van der Waals surface area contributed by atoms with Crippen LogP contribution in [0.2, 0.25) is 0 Å². The molecule has 4 N–H and O–H groups in total. The van der Waals surface area contributed by atoms with Gasteiger partial charge < -0.3 is 29.4 Å². The Hall–Kier alpha value is -3.53. The molecule has 0 saturated carbocycles. The molecule has 2 aromatic heterocycles. The molecule has 4 rings (SSSR count). The number of esters is 1. The summed E-state index contributed by atoms with van der Waals surface area (Å²) < 4.78 is 52.9. The average Bonchev–Trinajstić information content (AvgIpc) is 3.38. The van der Waals surface area contributed by atoms with E-state index in [9.17, 15) is 14.5 Å². The number of ether oxygens (including phenoxy) is 2. The van der Waals surface area contributed by atoms with E-state index in [1.807, 2.05) is 0 Å². The molecule has 0 bridgehead atoms. The number of alkyl halides is 1. The number of aromatic nitrogens is 3. The van der Waals surface area contributed by atoms with Crippen molar-refractivity contribution in [3.8, 4) is 18.1 Å². The maximum atomic E-state index is 16.0. The fraction of sp³-hybridized carbons (Fsp3) is 0.400. The molecule has 1 aromatic carbocycles. The highest BCUT2D eigenvalue weighted by molar-refractivity contribution is 7.52. The van der Waals surface area contributed by atoms with Crippen LogP contribution in [-0.2, 0) is 23.4 Å². The van der Waals surface area contributed by atoms with E-state index >= 15 is 4.39 Å². The number of aliphatic hydroxyl groups excluding tert-OH is 1. The minimum absolute atomic E-state index is 0.103. The van der Waals surface area contributed by atoms with Gasteiger partial charge in [0.2, 0.25) is 0 Å². The number of nitrogens with one attached hydrogen (secondary N) is 1. The summed E-state index contributed by atoms with van der Waals surface area (Å²) in [5.74, 6) is 2.07. The van der Waals surface area contributed by atoms with Crippen molar-refractivity contribution in [2.75, 3.05) is 18.9 Å². The van der Waals surface area contributed by atoms with Gasteiger partial charge in [0.15, 0.2) is 11.9 Å². The van der Waals surface area contributed by atoms with Crippen LogP contribution in [0.15, 0.2) is 42.9 Å². The number of halogens is 1. The SMILES string of the molecule is C#Cc1cn([C@@H]2O[C@H](COP(=O)(NC(C)C(=O)OCC)Oc3ccccc3)[C@@H](O)[C@@]2(C)F)c2ncnc(N)c12. The van der Waals surface area contributed by atoms with Gasteiger partial charge in [0, 0.05) is 6.20 Å². The van der Waals surface area contributed by atoms with Crippen LogP contribution in [0, 0.1) is 12.3 Å². The number of terminal acetylenes is 1. The lowest BCUT2D eigenvalue weighted by Crippen LogP contribution is -2.41. The van der Waals surface area contributed by atoms with Gasteiger partial charge in [0.05, 0.1) is 24.2 Å². The summed E-state index contributed by atoms with van der Waals surface area (Å²) in [4.78, 5) is 20.3. The van der Waals surface area contributed by atoms with Crippen molar-refractivity contribution in [3.63, 3.8) is 0 Å². The molecule has 3 aromatic rings. The Morgan fingerprint density at radius 1 is 1.41 bits per heavy atom. The number of fused-ring (bicyclic) bond motifs is 1. The quantitative estimate of drug-likeness (QED) is 0.190. The van der Waals surface area contributed by atoms with Crippen LogP contribution in [-0.4, -0.2) is 62.7 Å². The molecule has 6 atom stereocenters. The normalized spacial score (nSPS) is 25.1. The van der Waals surface area contributed by atoms with Crippen molar-refractivity contribution in [2.24, 2.45) is 0 Å². The standard InChI is InChI=1S/C25H29FN5O7P/c1-5-16-12-31(22-19(16)21(27)28-14-29-22)24-25(4,26)20(32)18(37-24)13-36-39(34,30-15(3)23(33)35-6-2)38-17-10-8-7-9-11-17/h1,7-12,14-15,18,20,24,32H,6,13H2,2-4H3,(H,30,34)(H2,27,28,29)/t15?,18-,20-,24-,25-,39?/m1/s1. The first-order chi connectivity index (χ1) is 18.5. The zero-order valence-corrected chi connectivity index (χ0v) is 22.4. The second-order valence-electron chi connectivity index (χ2n) is 8.98. The minimum atomic E-state index is -4.27. The minimum Gasteiger partial charge on any atom is -0.465 e. The van der Waals surface area contributed by atoms with Crippen molar-refractivity contribution in [1.82, 2.24) is 19.6 Å². The third-order valence-corrected chi connectivity index (χ3v) is 7.78. The Balaban J connectivity index is 1.58. The summed E-state index contributed by atoms with van der Waals surface area (Å²) in [7, 11) is -4.27. The summed E-state index contributed by atoms with van der Waals surface area (Å²) in [5.41, 5.74) is 4.12. The van der Waals surface area contributed by atoms with Gasteiger partial charge in [0.1, 0.15) is 41.8 Å². The lowest BCUT2D eigenvalue weighted by Gasteiger charge is -2.25. The van der Waals surface area contributed by atoms with Gasteiger partial charge in [-0.25, -0.2) is 18.9 Å². The fourth-order valence-electron chi connectivity index (χ4n) is 4.19. The van der Waals surface area contributed by atoms with Gasteiger partial charge in [-0.05, 0) is 32.9 Å². The van der Waals surface area contributed by atoms with Crippen LogP contribution in [0.25, 0.3) is 11.0 Å². The number of nitrogen functional groups attached to an aromatic ring is 1. The summed E-state index contributed by atoms with van der Waals surface area (Å²) in [6.45, 7) is 3.74. The maximum absolute atomic E-state index is 16.0. The predicted octanol–water partition coefficient (Wildman–Crippen LogP) is 2.73. The topological polar surface area (TPSA) is 160 Å². The van der Waals surface area contributed by atoms with E-state index in [1.54, 1.807) is 25.1 Å². The summed E-state index contributed by atoms with van der Waals surface area (Å²) in [6, 6.07) is 7.03. The number of hydrogen-bond acceptors (Lipinski definition) is 10. The first kappa shape index (κ1) is 28.5. The monoisotopic (exact) mass is 561 g/mol. The number of nitrogens with zero attached hydrogens (tertiary/aromatic N) is 3. The van der Waals surface area contributed by atoms with Crippen molar-refractivity contribution >= 4 is 30.6 Å². The largest absolute Gasteiger partial charge is 0.465 e. The molecule has 0 aliphatic carbocycles. The molecule has 1 aliphatic heterocycles. The van der Waals surface area contributed by atoms with Crippen molar-refractivity contribution in [2.45, 2.75) is 50.9 Å². The third kappa shape index (κ3) is 5.75. The fourth-order valence-corrected chi connectivity index (χ4v) is 5.69. The number of hydrogen-bond donors (Lipinski definition) is 3. The Labute approximate surface area is 224 Å². The van der Waals surface area contributed by atoms with Gasteiger partial charge in [-0.1, -0.05) is 24.1 Å². The number of carbonyl (C=O) groups excluding carboxylic acids is 1. The first-order valence-corrected chi connectivity index (χ1v) is 13.6. The molecule has 0 spiro atoms. The van der Waals surface area contributed by atoms with Crippen LogP contribution >= 0.6 is 7.75 Å². The number of anilines is 1. The molecule has 3 heterocycles. The molecule has 0 amide bonds. The van der Waals surface area contributed by atoms with Crippen molar-refractivity contribution in [3.05, 3.63) is 48.4 Å². The van der Waals surface area contributed by atoms with Gasteiger partial charge in [-0.2, -0.15) is 5.09 Å². The van der Waals surface area contributed by atoms with Crippen molar-refractivity contribution in [1.29, 1.82) is 0 Å². The second kappa shape index (κ2) is 11.3. The number of rotatable bonds is 10. The number of benzene rings is 1. The molecule has 1 aliphatic rings. The Morgan fingerprint density at radius 2 is 2.13 bits per heavy atom. The van der Waals surface area contributed by atoms with Gasteiger partial charge >= 0.3 is 13.7 Å². The Kier molecular flexibility index (Phi) is 8.25. The number of nitrogens with two attached hydrogens (primary N) is 1. The van der Waals surface area contributed by atoms with E-state index in [1.165, 1.54) is 36.1 Å². The van der Waals surface area contributed by atoms with E-state index < -0.39 is 50.5 Å². The van der Waals surface area contributed by atoms with E-state index in [2.05, 4.69) is 21.0 Å². The smallest absolute Gasteiger partial charge is 0.459 e. The average molecular weight is 562 g/mol. The summed E-state index contributed by atoms with van der Waals surface area (Å²) >= 11 is 0. The molecule has 0 radical (unpaired) electrons. The highest BCUT2D eigenvalue weighted by Gasteiger charge is 2.56. The first-order valence-electron chi connectivity index (χ1n) is 12.0. The Bertz CT molecular complexity index is 1430. The van der Waals surface area contributed by atoms with E-state index in [0.29, 0.717) is 10.9 Å². The molecular weight excluding hydrogens is 532 g/mol. The molecular formula is C25H29FN5O7P. The summed E-state index contributed by atoms with van der Waals surface area (Å²) in [5, 5.41) is 13.7. The van der Waals surface area contributed by atoms with Crippen LogP contribution < -0.4 is 15.3 Å². The van der Waals surface area contributed by atoms with E-state index in [4.69, 9.17) is 30.7 Å². The molecule has 14 heteroatoms. The number of carbonyl (C=O) groups is 1. The van der Waals surface area contributed by atoms with Crippen LogP contribution in [0.3, 0.4) is 0 Å². The van der Waals surface area contributed by atoms with Crippen LogP contribution in [0.5, 0.6) is 5.75 Å². The molecule has 1 saturated heterocycles. The molecule has 208 valence electrons.